The highest BCUT2D eigenvalue weighted by molar-refractivity contribution is 6.00. The molecule has 4 heteroatoms. The first kappa shape index (κ1) is 13.2. The highest BCUT2D eigenvalue weighted by Crippen LogP contribution is 2.39. The van der Waals surface area contributed by atoms with E-state index in [0.717, 1.165) is 17.0 Å². The summed E-state index contributed by atoms with van der Waals surface area (Å²) in [4.78, 5) is 14.2. The first-order valence-electron chi connectivity index (χ1n) is 7.48. The van der Waals surface area contributed by atoms with Crippen molar-refractivity contribution in [2.45, 2.75) is 19.9 Å². The Balaban J connectivity index is 1.71. The summed E-state index contributed by atoms with van der Waals surface area (Å²) in [7, 11) is 0. The molecule has 0 amide bonds. The predicted octanol–water partition coefficient (Wildman–Crippen LogP) is 3.32. The standard InChI is InChI=1S/C18H17NO3/c1-12-2-4-13(5-3-12)19-10-15-17(22-11-19)7-6-14-16(20)8-9-21-18(14)15/h2-7H,8-11H2,1H3. The van der Waals surface area contributed by atoms with Gasteiger partial charge in [-0.05, 0) is 31.2 Å². The van der Waals surface area contributed by atoms with Gasteiger partial charge in [0.1, 0.15) is 11.5 Å². The van der Waals surface area contributed by atoms with E-state index < -0.39 is 0 Å². The monoisotopic (exact) mass is 295 g/mol. The number of ether oxygens (including phenoxy) is 2. The number of anilines is 1. The third-order valence-electron chi connectivity index (χ3n) is 4.22. The SMILES string of the molecule is Cc1ccc(N2COc3ccc4c(c3C2)OCCC4=O)cc1. The normalized spacial score (nSPS) is 16.4. The lowest BCUT2D eigenvalue weighted by molar-refractivity contribution is 0.0931. The Kier molecular flexibility index (Phi) is 3.03. The Hall–Kier alpha value is -2.49. The van der Waals surface area contributed by atoms with Crippen molar-refractivity contribution in [1.29, 1.82) is 0 Å². The summed E-state index contributed by atoms with van der Waals surface area (Å²) in [6, 6.07) is 12.1. The third-order valence-corrected chi connectivity index (χ3v) is 4.22. The number of ketones is 1. The van der Waals surface area contributed by atoms with Crippen LogP contribution in [0.15, 0.2) is 36.4 Å². The van der Waals surface area contributed by atoms with Crippen molar-refractivity contribution < 1.29 is 14.3 Å². The number of carbonyl (C=O) groups is 1. The smallest absolute Gasteiger partial charge is 0.170 e. The van der Waals surface area contributed by atoms with E-state index in [2.05, 4.69) is 36.1 Å². The van der Waals surface area contributed by atoms with E-state index in [1.807, 2.05) is 12.1 Å². The number of benzene rings is 2. The van der Waals surface area contributed by atoms with Crippen LogP contribution in [-0.4, -0.2) is 19.1 Å². The number of hydrogen-bond acceptors (Lipinski definition) is 4. The van der Waals surface area contributed by atoms with E-state index >= 15 is 0 Å². The molecule has 0 atom stereocenters. The first-order valence-corrected chi connectivity index (χ1v) is 7.48. The first-order chi connectivity index (χ1) is 10.7. The molecule has 0 aromatic heterocycles. The van der Waals surface area contributed by atoms with Crippen molar-refractivity contribution in [1.82, 2.24) is 0 Å². The van der Waals surface area contributed by atoms with Crippen molar-refractivity contribution in [3.8, 4) is 11.5 Å². The van der Waals surface area contributed by atoms with Gasteiger partial charge in [-0.15, -0.1) is 0 Å². The molecule has 0 saturated carbocycles. The second kappa shape index (κ2) is 5.05. The lowest BCUT2D eigenvalue weighted by atomic mass is 9.99. The Labute approximate surface area is 129 Å². The van der Waals surface area contributed by atoms with Gasteiger partial charge in [0.2, 0.25) is 0 Å². The molecule has 2 aliphatic rings. The lowest BCUT2D eigenvalue weighted by Gasteiger charge is -2.33. The van der Waals surface area contributed by atoms with Gasteiger partial charge in [0.05, 0.1) is 24.3 Å². The Morgan fingerprint density at radius 3 is 2.68 bits per heavy atom. The van der Waals surface area contributed by atoms with Crippen LogP contribution in [0.4, 0.5) is 5.69 Å². The Morgan fingerprint density at radius 2 is 1.86 bits per heavy atom. The minimum absolute atomic E-state index is 0.150. The van der Waals surface area contributed by atoms with Crippen molar-refractivity contribution in [3.63, 3.8) is 0 Å². The molecule has 0 fully saturated rings. The van der Waals surface area contributed by atoms with Gasteiger partial charge in [-0.25, -0.2) is 0 Å². The summed E-state index contributed by atoms with van der Waals surface area (Å²) >= 11 is 0. The Bertz CT molecular complexity index is 737. The maximum absolute atomic E-state index is 12.0. The number of carbonyl (C=O) groups excluding carboxylic acids is 1. The van der Waals surface area contributed by atoms with Crippen molar-refractivity contribution in [3.05, 3.63) is 53.1 Å². The molecule has 2 aromatic rings. The van der Waals surface area contributed by atoms with Crippen LogP contribution in [0.3, 0.4) is 0 Å². The van der Waals surface area contributed by atoms with Crippen LogP contribution in [0.2, 0.25) is 0 Å². The largest absolute Gasteiger partial charge is 0.492 e. The number of nitrogens with zero attached hydrogens (tertiary/aromatic N) is 1. The zero-order valence-electron chi connectivity index (χ0n) is 12.5. The fourth-order valence-electron chi connectivity index (χ4n) is 2.96. The molecule has 22 heavy (non-hydrogen) atoms. The van der Waals surface area contributed by atoms with Crippen LogP contribution in [0.25, 0.3) is 0 Å². The molecule has 0 aliphatic carbocycles. The third kappa shape index (κ3) is 2.11. The van der Waals surface area contributed by atoms with Gasteiger partial charge in [-0.2, -0.15) is 0 Å². The summed E-state index contributed by atoms with van der Waals surface area (Å²) in [5, 5.41) is 0. The van der Waals surface area contributed by atoms with Crippen LogP contribution < -0.4 is 14.4 Å². The molecular formula is C18H17NO3. The molecule has 2 heterocycles. The molecule has 0 spiro atoms. The summed E-state index contributed by atoms with van der Waals surface area (Å²) in [6.07, 6.45) is 0.453. The fourth-order valence-corrected chi connectivity index (χ4v) is 2.96. The van der Waals surface area contributed by atoms with Crippen molar-refractivity contribution in [2.75, 3.05) is 18.2 Å². The van der Waals surface area contributed by atoms with Gasteiger partial charge in [-0.3, -0.25) is 4.79 Å². The highest BCUT2D eigenvalue weighted by atomic mass is 16.5. The van der Waals surface area contributed by atoms with E-state index in [1.165, 1.54) is 5.56 Å². The number of Topliss-reactive ketones (excluding diaryl/α,β-unsaturated/α-hetero) is 1. The van der Waals surface area contributed by atoms with Gasteiger partial charge in [-0.1, -0.05) is 17.7 Å². The van der Waals surface area contributed by atoms with Crippen molar-refractivity contribution >= 4 is 11.5 Å². The second-order valence-electron chi connectivity index (χ2n) is 5.75. The topological polar surface area (TPSA) is 38.8 Å². The lowest BCUT2D eigenvalue weighted by Crippen LogP contribution is -2.33. The highest BCUT2D eigenvalue weighted by Gasteiger charge is 2.28. The van der Waals surface area contributed by atoms with E-state index in [1.54, 1.807) is 0 Å². The molecule has 0 bridgehead atoms. The minimum Gasteiger partial charge on any atom is -0.492 e. The molecule has 0 N–H and O–H groups in total. The van der Waals surface area contributed by atoms with Gasteiger partial charge >= 0.3 is 0 Å². The Morgan fingerprint density at radius 1 is 1.05 bits per heavy atom. The summed E-state index contributed by atoms with van der Waals surface area (Å²) in [5.74, 6) is 1.67. The molecule has 112 valence electrons. The maximum Gasteiger partial charge on any atom is 0.170 e. The molecule has 4 nitrogen and oxygen atoms in total. The number of rotatable bonds is 1. The quantitative estimate of drug-likeness (QED) is 0.809. The van der Waals surface area contributed by atoms with Crippen LogP contribution >= 0.6 is 0 Å². The van der Waals surface area contributed by atoms with Crippen LogP contribution in [-0.2, 0) is 6.54 Å². The average Bonchev–Trinajstić information content (AvgIpc) is 2.55. The van der Waals surface area contributed by atoms with Crippen LogP contribution in [0.5, 0.6) is 11.5 Å². The fraction of sp³-hybridized carbons (Fsp3) is 0.278. The van der Waals surface area contributed by atoms with Gasteiger partial charge in [0.25, 0.3) is 0 Å². The maximum atomic E-state index is 12.0. The van der Waals surface area contributed by atoms with Gasteiger partial charge < -0.3 is 14.4 Å². The van der Waals surface area contributed by atoms with Crippen molar-refractivity contribution in [2.24, 2.45) is 0 Å². The predicted molar refractivity (Wildman–Crippen MR) is 83.7 cm³/mol. The second-order valence-corrected chi connectivity index (χ2v) is 5.75. The van der Waals surface area contributed by atoms with Crippen LogP contribution in [0.1, 0.15) is 27.9 Å². The van der Waals surface area contributed by atoms with Gasteiger partial charge in [0, 0.05) is 12.1 Å². The molecule has 0 radical (unpaired) electrons. The van der Waals surface area contributed by atoms with E-state index in [-0.39, 0.29) is 5.78 Å². The average molecular weight is 295 g/mol. The number of aryl methyl sites for hydroxylation is 1. The van der Waals surface area contributed by atoms with E-state index in [0.29, 0.717) is 37.6 Å². The molecule has 2 aromatic carbocycles. The molecule has 4 rings (SSSR count). The summed E-state index contributed by atoms with van der Waals surface area (Å²) in [6.45, 7) is 3.71. The summed E-state index contributed by atoms with van der Waals surface area (Å²) in [5.41, 5.74) is 3.99. The molecular weight excluding hydrogens is 278 g/mol. The van der Waals surface area contributed by atoms with Gasteiger partial charge in [0.15, 0.2) is 12.5 Å². The molecule has 2 aliphatic heterocycles. The molecule has 0 saturated heterocycles. The number of hydrogen-bond donors (Lipinski definition) is 0. The zero-order chi connectivity index (χ0) is 15.1. The zero-order valence-corrected chi connectivity index (χ0v) is 12.5. The van der Waals surface area contributed by atoms with E-state index in [9.17, 15) is 4.79 Å². The van der Waals surface area contributed by atoms with E-state index in [4.69, 9.17) is 9.47 Å². The molecule has 0 unspecified atom stereocenters. The van der Waals surface area contributed by atoms with Crippen LogP contribution in [0, 0.1) is 6.92 Å². The minimum atomic E-state index is 0.150. The number of fused-ring (bicyclic) bond motifs is 3. The summed E-state index contributed by atoms with van der Waals surface area (Å²) < 4.78 is 11.6.